The highest BCUT2D eigenvalue weighted by Gasteiger charge is 2.26. The number of nitrogens with one attached hydrogen (secondary N) is 1. The molecule has 0 spiro atoms. The van der Waals surface area contributed by atoms with Crippen molar-refractivity contribution in [2.45, 2.75) is 16.2 Å². The average Bonchev–Trinajstić information content (AvgIpc) is 2.58. The predicted octanol–water partition coefficient (Wildman–Crippen LogP) is 3.19. The lowest BCUT2D eigenvalue weighted by Gasteiger charge is -2.15. The van der Waals surface area contributed by atoms with E-state index in [9.17, 15) is 26.0 Å². The topological polar surface area (TPSA) is 101 Å². The number of amides is 1. The molecule has 1 N–H and O–H groups in total. The van der Waals surface area contributed by atoms with Gasteiger partial charge in [0.1, 0.15) is 10.7 Å². The van der Waals surface area contributed by atoms with E-state index in [-0.39, 0.29) is 27.0 Å². The van der Waals surface area contributed by atoms with Gasteiger partial charge in [-0.3, -0.25) is 9.52 Å². The van der Waals surface area contributed by atoms with Gasteiger partial charge in [-0.05, 0) is 36.4 Å². The maximum atomic E-state index is 14.1. The zero-order valence-corrected chi connectivity index (χ0v) is 18.5. The first-order chi connectivity index (χ1) is 13.3. The van der Waals surface area contributed by atoms with Crippen molar-refractivity contribution in [3.8, 4) is 0 Å². The Bertz CT molecular complexity index is 1150. The van der Waals surface area contributed by atoms with Gasteiger partial charge in [0.05, 0.1) is 16.3 Å². The van der Waals surface area contributed by atoms with Crippen LogP contribution in [0, 0.1) is 5.82 Å². The van der Waals surface area contributed by atoms with Crippen molar-refractivity contribution in [1.29, 1.82) is 0 Å². The van der Waals surface area contributed by atoms with Gasteiger partial charge in [0.25, 0.3) is 10.0 Å². The maximum absolute atomic E-state index is 14.1. The number of carbonyl (C=O) groups is 1. The molecular formula is C17H17Cl2FN2O5S2. The van der Waals surface area contributed by atoms with E-state index in [1.54, 1.807) is 0 Å². The number of carbonyl (C=O) groups excluding carboxylic acids is 1. The third kappa shape index (κ3) is 5.81. The summed E-state index contributed by atoms with van der Waals surface area (Å²) in [5, 5.41) is 0.0561. The highest BCUT2D eigenvalue weighted by Crippen LogP contribution is 2.30. The van der Waals surface area contributed by atoms with Crippen LogP contribution in [0.15, 0.2) is 46.2 Å². The fourth-order valence-corrected chi connectivity index (χ4v) is 5.21. The standard InChI is InChI=1S/C17H17Cl2FN2O5S2/c1-22(2)17(23)7-8-28(24,25)16-6-4-12(19)10-14(16)21-29(26,27)15-5-3-11(18)9-13(15)20/h3-6,9-10,21H,7-8H2,1-2H3. The van der Waals surface area contributed by atoms with Crippen LogP contribution in [0.2, 0.25) is 10.0 Å². The van der Waals surface area contributed by atoms with Crippen LogP contribution >= 0.6 is 23.2 Å². The normalized spacial score (nSPS) is 11.9. The van der Waals surface area contributed by atoms with E-state index in [0.717, 1.165) is 24.3 Å². The van der Waals surface area contributed by atoms with Crippen LogP contribution in [-0.2, 0) is 24.7 Å². The molecule has 158 valence electrons. The van der Waals surface area contributed by atoms with Gasteiger partial charge in [-0.25, -0.2) is 21.2 Å². The molecule has 1 amide bonds. The number of sulfone groups is 1. The lowest BCUT2D eigenvalue weighted by atomic mass is 10.3. The average molecular weight is 483 g/mol. The van der Waals surface area contributed by atoms with Crippen molar-refractivity contribution in [1.82, 2.24) is 4.90 Å². The lowest BCUT2D eigenvalue weighted by molar-refractivity contribution is -0.128. The van der Waals surface area contributed by atoms with Gasteiger partial charge >= 0.3 is 0 Å². The Balaban J connectivity index is 2.44. The van der Waals surface area contributed by atoms with E-state index in [0.29, 0.717) is 0 Å². The minimum absolute atomic E-state index is 0.00182. The summed E-state index contributed by atoms with van der Waals surface area (Å²) in [6.07, 6.45) is -0.296. The molecule has 0 radical (unpaired) electrons. The monoisotopic (exact) mass is 482 g/mol. The van der Waals surface area contributed by atoms with Gasteiger partial charge in [-0.15, -0.1) is 0 Å². The minimum atomic E-state index is -4.49. The second kappa shape index (κ2) is 8.86. The van der Waals surface area contributed by atoms with Crippen molar-refractivity contribution in [3.05, 3.63) is 52.3 Å². The molecule has 0 saturated heterocycles. The molecule has 0 saturated carbocycles. The summed E-state index contributed by atoms with van der Waals surface area (Å²) < 4.78 is 66.7. The smallest absolute Gasteiger partial charge is 0.264 e. The Labute approximate surface area is 178 Å². The van der Waals surface area contributed by atoms with Gasteiger partial charge in [0, 0.05) is 30.6 Å². The molecular weight excluding hydrogens is 466 g/mol. The number of hydrogen-bond donors (Lipinski definition) is 1. The Morgan fingerprint density at radius 2 is 1.55 bits per heavy atom. The van der Waals surface area contributed by atoms with E-state index in [2.05, 4.69) is 4.72 Å². The molecule has 0 unspecified atom stereocenters. The molecule has 29 heavy (non-hydrogen) atoms. The third-order valence-electron chi connectivity index (χ3n) is 3.79. The first-order valence-electron chi connectivity index (χ1n) is 8.04. The van der Waals surface area contributed by atoms with Gasteiger partial charge in [-0.1, -0.05) is 23.2 Å². The van der Waals surface area contributed by atoms with Gasteiger partial charge in [0.2, 0.25) is 5.91 Å². The molecule has 2 rings (SSSR count). The second-order valence-electron chi connectivity index (χ2n) is 6.18. The van der Waals surface area contributed by atoms with Gasteiger partial charge in [-0.2, -0.15) is 0 Å². The van der Waals surface area contributed by atoms with Crippen molar-refractivity contribution >= 4 is 54.7 Å². The number of sulfonamides is 1. The largest absolute Gasteiger partial charge is 0.349 e. The Kier molecular flexibility index (Phi) is 7.15. The van der Waals surface area contributed by atoms with Crippen LogP contribution in [0.25, 0.3) is 0 Å². The third-order valence-corrected chi connectivity index (χ3v) is 7.42. The molecule has 2 aromatic rings. The molecule has 7 nitrogen and oxygen atoms in total. The molecule has 0 heterocycles. The summed E-state index contributed by atoms with van der Waals surface area (Å²) >= 11 is 11.5. The van der Waals surface area contributed by atoms with Crippen molar-refractivity contribution < 1.29 is 26.0 Å². The number of rotatable bonds is 7. The molecule has 0 fully saturated rings. The summed E-state index contributed by atoms with van der Waals surface area (Å²) in [4.78, 5) is 11.9. The molecule has 12 heteroatoms. The number of halogens is 3. The number of anilines is 1. The van der Waals surface area contributed by atoms with Crippen LogP contribution in [-0.4, -0.2) is 47.5 Å². The highest BCUT2D eigenvalue weighted by molar-refractivity contribution is 7.93. The van der Waals surface area contributed by atoms with Crippen molar-refractivity contribution in [3.63, 3.8) is 0 Å². The lowest BCUT2D eigenvalue weighted by Crippen LogP contribution is -2.24. The fourth-order valence-electron chi connectivity index (χ4n) is 2.30. The maximum Gasteiger partial charge on any atom is 0.264 e. The van der Waals surface area contributed by atoms with E-state index in [4.69, 9.17) is 23.2 Å². The number of hydrogen-bond acceptors (Lipinski definition) is 5. The number of nitrogens with zero attached hydrogens (tertiary/aromatic N) is 1. The van der Waals surface area contributed by atoms with E-state index >= 15 is 0 Å². The summed E-state index contributed by atoms with van der Waals surface area (Å²) in [6.45, 7) is 0. The van der Waals surface area contributed by atoms with Crippen LogP contribution in [0.1, 0.15) is 6.42 Å². The molecule has 0 bridgehead atoms. The predicted molar refractivity (Wildman–Crippen MR) is 109 cm³/mol. The van der Waals surface area contributed by atoms with E-state index < -0.39 is 42.2 Å². The van der Waals surface area contributed by atoms with Crippen LogP contribution < -0.4 is 4.72 Å². The number of benzene rings is 2. The molecule has 0 aromatic heterocycles. The summed E-state index contributed by atoms with van der Waals surface area (Å²) in [5.74, 6) is -2.06. The van der Waals surface area contributed by atoms with Crippen LogP contribution in [0.4, 0.5) is 10.1 Å². The summed E-state index contributed by atoms with van der Waals surface area (Å²) in [6, 6.07) is 6.43. The quantitative estimate of drug-likeness (QED) is 0.652. The van der Waals surface area contributed by atoms with Crippen LogP contribution in [0.3, 0.4) is 0 Å². The fraction of sp³-hybridized carbons (Fsp3) is 0.235. The first-order valence-corrected chi connectivity index (χ1v) is 11.9. The molecule has 2 aromatic carbocycles. The summed E-state index contributed by atoms with van der Waals surface area (Å²) in [5.41, 5.74) is -0.357. The van der Waals surface area contributed by atoms with Crippen molar-refractivity contribution in [2.75, 3.05) is 24.6 Å². The first kappa shape index (κ1) is 23.4. The zero-order chi connectivity index (χ0) is 22.0. The molecule has 0 aliphatic rings. The van der Waals surface area contributed by atoms with E-state index in [1.165, 1.54) is 31.1 Å². The SMILES string of the molecule is CN(C)C(=O)CCS(=O)(=O)c1ccc(Cl)cc1NS(=O)(=O)c1ccc(Cl)cc1F. The van der Waals surface area contributed by atoms with Gasteiger partial charge < -0.3 is 4.90 Å². The zero-order valence-electron chi connectivity index (χ0n) is 15.3. The minimum Gasteiger partial charge on any atom is -0.349 e. The second-order valence-corrected chi connectivity index (χ2v) is 10.8. The molecule has 0 atom stereocenters. The highest BCUT2D eigenvalue weighted by atomic mass is 35.5. The Morgan fingerprint density at radius 3 is 2.10 bits per heavy atom. The Hall–Kier alpha value is -1.88. The molecule has 0 aliphatic heterocycles. The Morgan fingerprint density at radius 1 is 1.00 bits per heavy atom. The van der Waals surface area contributed by atoms with Gasteiger partial charge in [0.15, 0.2) is 9.84 Å². The van der Waals surface area contributed by atoms with Crippen LogP contribution in [0.5, 0.6) is 0 Å². The van der Waals surface area contributed by atoms with Crippen molar-refractivity contribution in [2.24, 2.45) is 0 Å². The van der Waals surface area contributed by atoms with E-state index in [1.807, 2.05) is 0 Å². The molecule has 0 aliphatic carbocycles. The summed E-state index contributed by atoms with van der Waals surface area (Å²) in [7, 11) is -5.58.